The Hall–Kier alpha value is -3.91. The van der Waals surface area contributed by atoms with Crippen LogP contribution in [-0.2, 0) is 30.3 Å². The number of ether oxygens (including phenoxy) is 2. The number of amides is 2. The zero-order chi connectivity index (χ0) is 28.9. The molecule has 0 saturated carbocycles. The molecular formula is C25H30N6O6S2. The highest BCUT2D eigenvalue weighted by atomic mass is 32.3. The van der Waals surface area contributed by atoms with Crippen LogP contribution in [0.5, 0.6) is 17.4 Å². The summed E-state index contributed by atoms with van der Waals surface area (Å²) in [7, 11) is -3.75. The van der Waals surface area contributed by atoms with E-state index in [1.165, 1.54) is 39.3 Å². The summed E-state index contributed by atoms with van der Waals surface area (Å²) in [5.74, 6) is -0.368. The van der Waals surface area contributed by atoms with Gasteiger partial charge in [0.05, 0.1) is 28.8 Å². The van der Waals surface area contributed by atoms with Gasteiger partial charge < -0.3 is 14.8 Å². The smallest absolute Gasteiger partial charge is 0.288 e. The lowest BCUT2D eigenvalue weighted by molar-refractivity contribution is -0.115. The van der Waals surface area contributed by atoms with Crippen LogP contribution in [0.15, 0.2) is 50.1 Å². The van der Waals surface area contributed by atoms with Crippen molar-refractivity contribution in [3.05, 3.63) is 47.8 Å². The molecular weight excluding hydrogens is 544 g/mol. The molecule has 0 aliphatic carbocycles. The van der Waals surface area contributed by atoms with Gasteiger partial charge in [-0.15, -0.1) is 3.77 Å². The standard InChI is InChI=1S/C25H30N6O6S2/c1-14(2)22-19(37-20-13-26-25(28-17(5)33)30-23(20)27-16(4)32)12-21(24(29-22)36-6)38(7)31-39(34,35)18-10-8-15(3)9-11-18/h8-14H,1-7H3,(H2,26,27,28,30,32,33). The van der Waals surface area contributed by atoms with Gasteiger partial charge in [0.2, 0.25) is 23.6 Å². The number of aryl methyl sites for hydroxylation is 1. The van der Waals surface area contributed by atoms with E-state index >= 15 is 0 Å². The molecule has 1 aromatic carbocycles. The van der Waals surface area contributed by atoms with E-state index in [0.29, 0.717) is 10.6 Å². The Morgan fingerprint density at radius 1 is 1.03 bits per heavy atom. The summed E-state index contributed by atoms with van der Waals surface area (Å²) in [4.78, 5) is 36.5. The molecule has 2 heterocycles. The van der Waals surface area contributed by atoms with Crippen LogP contribution in [0.2, 0.25) is 0 Å². The fraction of sp³-hybridized carbons (Fsp3) is 0.320. The van der Waals surface area contributed by atoms with E-state index in [9.17, 15) is 18.0 Å². The Morgan fingerprint density at radius 2 is 1.67 bits per heavy atom. The number of sulfonamides is 1. The summed E-state index contributed by atoms with van der Waals surface area (Å²) in [5.41, 5.74) is 1.43. The van der Waals surface area contributed by atoms with Crippen LogP contribution < -0.4 is 20.1 Å². The lowest BCUT2D eigenvalue weighted by atomic mass is 10.1. The zero-order valence-corrected chi connectivity index (χ0v) is 24.2. The molecule has 12 nitrogen and oxygen atoms in total. The third kappa shape index (κ3) is 7.57. The number of benzene rings is 1. The molecule has 0 aliphatic rings. The van der Waals surface area contributed by atoms with Gasteiger partial charge in [0.1, 0.15) is 0 Å². The predicted molar refractivity (Wildman–Crippen MR) is 148 cm³/mol. The molecule has 39 heavy (non-hydrogen) atoms. The van der Waals surface area contributed by atoms with Crippen molar-refractivity contribution < 1.29 is 27.5 Å². The number of anilines is 2. The Labute approximate surface area is 229 Å². The highest BCUT2D eigenvalue weighted by molar-refractivity contribution is 8.00. The first-order valence-corrected chi connectivity index (χ1v) is 14.7. The summed E-state index contributed by atoms with van der Waals surface area (Å²) in [6.07, 6.45) is 2.94. The van der Waals surface area contributed by atoms with Crippen molar-refractivity contribution in [1.82, 2.24) is 15.0 Å². The van der Waals surface area contributed by atoms with E-state index < -0.39 is 26.6 Å². The SMILES string of the molecule is COc1nc(C(C)C)c(Oc2cnc(NC(C)=O)nc2NC(C)=O)cc1/S(C)=N/S(=O)(=O)c1ccc(C)cc1. The Balaban J connectivity index is 2.12. The molecule has 1 atom stereocenters. The largest absolute Gasteiger partial charge is 0.480 e. The highest BCUT2D eigenvalue weighted by Gasteiger charge is 2.22. The molecule has 0 fully saturated rings. The van der Waals surface area contributed by atoms with Crippen molar-refractivity contribution in [2.45, 2.75) is 50.3 Å². The summed E-state index contributed by atoms with van der Waals surface area (Å²) >= 11 is 0. The van der Waals surface area contributed by atoms with Gasteiger partial charge in [-0.05, 0) is 41.9 Å². The van der Waals surface area contributed by atoms with Gasteiger partial charge in [-0.25, -0.2) is 9.97 Å². The van der Waals surface area contributed by atoms with E-state index in [2.05, 4.69) is 29.4 Å². The molecule has 0 spiro atoms. The summed E-state index contributed by atoms with van der Waals surface area (Å²) in [6, 6.07) is 8.02. The molecule has 14 heteroatoms. The minimum absolute atomic E-state index is 0.0218. The minimum Gasteiger partial charge on any atom is -0.480 e. The summed E-state index contributed by atoms with van der Waals surface area (Å²) in [6.45, 7) is 8.27. The lowest BCUT2D eigenvalue weighted by Gasteiger charge is -2.18. The lowest BCUT2D eigenvalue weighted by Crippen LogP contribution is -2.14. The maximum absolute atomic E-state index is 13.0. The first-order valence-electron chi connectivity index (χ1n) is 11.7. The Bertz CT molecular complexity index is 1540. The number of nitrogens with zero attached hydrogens (tertiary/aromatic N) is 4. The second kappa shape index (κ2) is 12.3. The quantitative estimate of drug-likeness (QED) is 0.381. The minimum atomic E-state index is -3.97. The van der Waals surface area contributed by atoms with Gasteiger partial charge in [-0.1, -0.05) is 31.5 Å². The number of carbonyl (C=O) groups is 2. The number of carbonyl (C=O) groups excluding carboxylic acids is 2. The van der Waals surface area contributed by atoms with Gasteiger partial charge in [-0.2, -0.15) is 13.4 Å². The second-order valence-corrected chi connectivity index (χ2v) is 12.2. The van der Waals surface area contributed by atoms with Gasteiger partial charge in [0.15, 0.2) is 17.3 Å². The topological polar surface area (TPSA) is 162 Å². The van der Waals surface area contributed by atoms with Crippen LogP contribution in [0, 0.1) is 6.92 Å². The summed E-state index contributed by atoms with van der Waals surface area (Å²) in [5, 5.41) is 5.01. The number of aromatic nitrogens is 3. The fourth-order valence-electron chi connectivity index (χ4n) is 3.31. The maximum atomic E-state index is 13.0. The third-order valence-corrected chi connectivity index (χ3v) is 8.57. The summed E-state index contributed by atoms with van der Waals surface area (Å²) < 4.78 is 41.7. The van der Waals surface area contributed by atoms with Crippen LogP contribution in [-0.4, -0.2) is 48.5 Å². The van der Waals surface area contributed by atoms with Crippen molar-refractivity contribution >= 4 is 44.3 Å². The van der Waals surface area contributed by atoms with E-state index in [4.69, 9.17) is 9.47 Å². The predicted octanol–water partition coefficient (Wildman–Crippen LogP) is 4.20. The van der Waals surface area contributed by atoms with Crippen LogP contribution in [0.25, 0.3) is 0 Å². The molecule has 2 amide bonds. The van der Waals surface area contributed by atoms with Crippen molar-refractivity contribution in [2.24, 2.45) is 3.77 Å². The number of pyridine rings is 1. The van der Waals surface area contributed by atoms with Gasteiger partial charge in [0.25, 0.3) is 10.0 Å². The van der Waals surface area contributed by atoms with E-state index in [1.807, 2.05) is 20.8 Å². The van der Waals surface area contributed by atoms with Gasteiger partial charge in [-0.3, -0.25) is 14.9 Å². The maximum Gasteiger partial charge on any atom is 0.288 e. The highest BCUT2D eigenvalue weighted by Crippen LogP contribution is 2.37. The van der Waals surface area contributed by atoms with Crippen LogP contribution in [0.4, 0.5) is 11.8 Å². The Morgan fingerprint density at radius 3 is 2.23 bits per heavy atom. The normalized spacial score (nSPS) is 12.2. The van der Waals surface area contributed by atoms with Crippen LogP contribution in [0.3, 0.4) is 0 Å². The number of nitrogens with one attached hydrogen (secondary N) is 2. The number of hydrogen-bond donors (Lipinski definition) is 2. The molecule has 0 aliphatic heterocycles. The van der Waals surface area contributed by atoms with Crippen molar-refractivity contribution in [1.29, 1.82) is 0 Å². The van der Waals surface area contributed by atoms with E-state index in [1.54, 1.807) is 24.5 Å². The number of hydrogen-bond acceptors (Lipinski definition) is 9. The molecule has 2 N–H and O–H groups in total. The molecule has 0 radical (unpaired) electrons. The van der Waals surface area contributed by atoms with Crippen molar-refractivity contribution in [3.63, 3.8) is 0 Å². The van der Waals surface area contributed by atoms with Crippen LogP contribution in [0.1, 0.15) is 44.9 Å². The Kier molecular flexibility index (Phi) is 9.35. The first-order chi connectivity index (χ1) is 18.3. The van der Waals surface area contributed by atoms with Crippen molar-refractivity contribution in [3.8, 4) is 17.4 Å². The van der Waals surface area contributed by atoms with Gasteiger partial charge in [0, 0.05) is 19.9 Å². The molecule has 2 aromatic heterocycles. The first kappa shape index (κ1) is 29.6. The van der Waals surface area contributed by atoms with E-state index in [-0.39, 0.29) is 45.9 Å². The molecule has 1 unspecified atom stereocenters. The van der Waals surface area contributed by atoms with E-state index in [0.717, 1.165) is 5.56 Å². The van der Waals surface area contributed by atoms with Crippen molar-refractivity contribution in [2.75, 3.05) is 24.0 Å². The number of methoxy groups -OCH3 is 1. The number of rotatable bonds is 9. The second-order valence-electron chi connectivity index (χ2n) is 8.75. The average Bonchev–Trinajstić information content (AvgIpc) is 2.84. The van der Waals surface area contributed by atoms with Crippen LogP contribution >= 0.6 is 0 Å². The average molecular weight is 575 g/mol. The molecule has 208 valence electrons. The van der Waals surface area contributed by atoms with Gasteiger partial charge >= 0.3 is 0 Å². The molecule has 0 saturated heterocycles. The zero-order valence-electron chi connectivity index (χ0n) is 22.6. The third-order valence-electron chi connectivity index (χ3n) is 5.09. The molecule has 0 bridgehead atoms. The monoisotopic (exact) mass is 574 g/mol. The molecule has 3 rings (SSSR count). The fourth-order valence-corrected chi connectivity index (χ4v) is 6.29. The molecule has 3 aromatic rings.